The van der Waals surface area contributed by atoms with Gasteiger partial charge < -0.3 is 27.9 Å². The number of allylic oxidation sites excluding steroid dienone is 7. The van der Waals surface area contributed by atoms with Crippen molar-refractivity contribution in [3.63, 3.8) is 0 Å². The Morgan fingerprint density at radius 1 is 0.655 bits per heavy atom. The first kappa shape index (κ1) is 55.9. The van der Waals surface area contributed by atoms with Crippen LogP contribution in [0.1, 0.15) is 174 Å². The van der Waals surface area contributed by atoms with E-state index < -0.39 is 32.5 Å². The summed E-state index contributed by atoms with van der Waals surface area (Å²) in [4.78, 5) is 42.0. The largest absolute Gasteiger partial charge is 0.756 e. The maximum Gasteiger partial charge on any atom is 0.306 e. The van der Waals surface area contributed by atoms with Gasteiger partial charge in [-0.05, 0) is 38.5 Å². The Labute approximate surface area is 353 Å². The molecular formula is C46H84NO10P. The fraction of sp³-hybridized carbons (Fsp3) is 0.783. The number of hydrogen-bond acceptors (Lipinski definition) is 10. The molecule has 0 aliphatic rings. The maximum absolute atomic E-state index is 12.7. The molecule has 1 N–H and O–H groups in total. The van der Waals surface area contributed by atoms with Crippen LogP contribution in [-0.2, 0) is 37.6 Å². The summed E-state index contributed by atoms with van der Waals surface area (Å²) in [6.45, 7) is 4.00. The van der Waals surface area contributed by atoms with Crippen LogP contribution in [-0.4, -0.2) is 81.4 Å². The van der Waals surface area contributed by atoms with Crippen LogP contribution in [0, 0.1) is 0 Å². The van der Waals surface area contributed by atoms with E-state index in [1.807, 2.05) is 57.6 Å². The summed E-state index contributed by atoms with van der Waals surface area (Å²) < 4.78 is 33.8. The van der Waals surface area contributed by atoms with Crippen LogP contribution in [0.15, 0.2) is 48.6 Å². The molecule has 0 aromatic rings. The van der Waals surface area contributed by atoms with E-state index in [2.05, 4.69) is 30.9 Å². The molecule has 0 bridgehead atoms. The molecule has 0 saturated carbocycles. The summed E-state index contributed by atoms with van der Waals surface area (Å²) in [5.74, 6) is -0.933. The second-order valence-corrected chi connectivity index (χ2v) is 17.8. The predicted molar refractivity (Wildman–Crippen MR) is 234 cm³/mol. The molecule has 0 fully saturated rings. The molecule has 0 heterocycles. The molecule has 11 nitrogen and oxygen atoms in total. The number of carbonyl (C=O) groups is 2. The average molecular weight is 842 g/mol. The minimum Gasteiger partial charge on any atom is -0.756 e. The lowest BCUT2D eigenvalue weighted by Gasteiger charge is -2.28. The molecule has 0 aromatic heterocycles. The van der Waals surface area contributed by atoms with Crippen LogP contribution in [0.5, 0.6) is 0 Å². The number of hydrogen-bond donors (Lipinski definition) is 1. The van der Waals surface area contributed by atoms with E-state index in [-0.39, 0.29) is 32.2 Å². The minimum atomic E-state index is -4.65. The van der Waals surface area contributed by atoms with E-state index >= 15 is 0 Å². The van der Waals surface area contributed by atoms with Gasteiger partial charge in [-0.2, -0.15) is 0 Å². The van der Waals surface area contributed by atoms with Crippen molar-refractivity contribution >= 4 is 19.8 Å². The number of carbonyl (C=O) groups excluding carboxylic acids is 2. The second kappa shape index (κ2) is 39.1. The second-order valence-electron chi connectivity index (χ2n) is 16.3. The van der Waals surface area contributed by atoms with Crippen molar-refractivity contribution in [1.82, 2.24) is 0 Å². The molecule has 0 saturated heterocycles. The van der Waals surface area contributed by atoms with E-state index in [9.17, 15) is 19.0 Å². The predicted octanol–water partition coefficient (Wildman–Crippen LogP) is 11.5. The normalized spacial score (nSPS) is 14.5. The molecule has 0 aliphatic heterocycles. The Balaban J connectivity index is 4.51. The molecular weight excluding hydrogens is 757 g/mol. The van der Waals surface area contributed by atoms with Crippen LogP contribution in [0.4, 0.5) is 0 Å². The van der Waals surface area contributed by atoms with Gasteiger partial charge in [0.25, 0.3) is 7.82 Å². The van der Waals surface area contributed by atoms with Crippen molar-refractivity contribution in [2.24, 2.45) is 0 Å². The first-order valence-corrected chi connectivity index (χ1v) is 24.1. The number of nitrogens with zero attached hydrogens (tertiary/aromatic N) is 1. The third-order valence-electron chi connectivity index (χ3n) is 9.57. The van der Waals surface area contributed by atoms with Crippen LogP contribution < -0.4 is 4.89 Å². The molecule has 12 heteroatoms. The first-order chi connectivity index (χ1) is 27.9. The zero-order valence-electron chi connectivity index (χ0n) is 37.3. The lowest BCUT2D eigenvalue weighted by molar-refractivity contribution is -0.870. The zero-order chi connectivity index (χ0) is 43.0. The van der Waals surface area contributed by atoms with E-state index in [1.54, 1.807) is 0 Å². The van der Waals surface area contributed by atoms with Gasteiger partial charge >= 0.3 is 11.9 Å². The summed E-state index contributed by atoms with van der Waals surface area (Å²) in [5.41, 5.74) is 0. The summed E-state index contributed by atoms with van der Waals surface area (Å²) in [5, 5.41) is 9.00. The highest BCUT2D eigenvalue weighted by Crippen LogP contribution is 2.38. The molecule has 0 amide bonds. The van der Waals surface area contributed by atoms with Crippen molar-refractivity contribution in [2.75, 3.05) is 47.5 Å². The Hall–Kier alpha value is -2.11. The van der Waals surface area contributed by atoms with Gasteiger partial charge in [0, 0.05) is 12.8 Å². The smallest absolute Gasteiger partial charge is 0.306 e. The SMILES string of the molecule is CCCCCCCCCCCCCCCCCC(=O)OC[C@H](COP(=O)([O-])OCC[N+](C)(C)C)OC(=O)CCC/C=C\C/C=C\C/C=C\C=C\C(CCCCC)OO. The van der Waals surface area contributed by atoms with Crippen molar-refractivity contribution < 1.29 is 52.2 Å². The Bertz CT molecular complexity index is 1150. The summed E-state index contributed by atoms with van der Waals surface area (Å²) in [7, 11) is 1.09. The number of phosphoric ester groups is 1. The van der Waals surface area contributed by atoms with Crippen LogP contribution in [0.25, 0.3) is 0 Å². The number of esters is 2. The zero-order valence-corrected chi connectivity index (χ0v) is 38.2. The molecule has 0 spiro atoms. The standard InChI is InChI=1S/C46H84NO10P/c1-6-8-10-11-12-13-14-15-16-17-20-23-26-29-33-37-45(48)53-41-44(42-55-58(51,52)54-40-39-47(3,4)5)56-46(49)38-34-30-27-24-21-18-19-22-25-28-32-36-43(57-50)35-31-9-7-2/h18-19,24-25,27-28,32,36,43-44H,6-17,20-23,26,29-31,33-35,37-42H2,1-5H3,(H-,50,51,52)/b19-18-,27-24-,28-25-,36-32+/t43?,44-/m1/s1. The molecule has 0 aromatic carbocycles. The fourth-order valence-corrected chi connectivity index (χ4v) is 6.68. The van der Waals surface area contributed by atoms with E-state index in [0.717, 1.165) is 51.4 Å². The van der Waals surface area contributed by atoms with Gasteiger partial charge in [-0.3, -0.25) is 19.4 Å². The average Bonchev–Trinajstić information content (AvgIpc) is 3.17. The number of ether oxygens (including phenoxy) is 2. The Morgan fingerprint density at radius 3 is 1.78 bits per heavy atom. The molecule has 2 unspecified atom stereocenters. The molecule has 0 aliphatic carbocycles. The van der Waals surface area contributed by atoms with Crippen molar-refractivity contribution in [2.45, 2.75) is 187 Å². The van der Waals surface area contributed by atoms with Crippen LogP contribution in [0.2, 0.25) is 0 Å². The summed E-state index contributed by atoms with van der Waals surface area (Å²) in [6.07, 6.45) is 40.3. The highest BCUT2D eigenvalue weighted by Gasteiger charge is 2.21. The fourth-order valence-electron chi connectivity index (χ4n) is 5.95. The van der Waals surface area contributed by atoms with Crippen molar-refractivity contribution in [3.8, 4) is 0 Å². The maximum atomic E-state index is 12.7. The number of phosphoric acid groups is 1. The Morgan fingerprint density at radius 2 is 1.19 bits per heavy atom. The van der Waals surface area contributed by atoms with E-state index in [1.165, 1.54) is 77.0 Å². The number of likely N-dealkylation sites (N-methyl/N-ethyl adjacent to an activating group) is 1. The Kier molecular flexibility index (Phi) is 37.6. The van der Waals surface area contributed by atoms with Crippen molar-refractivity contribution in [3.05, 3.63) is 48.6 Å². The van der Waals surface area contributed by atoms with Gasteiger partial charge in [-0.25, -0.2) is 4.89 Å². The van der Waals surface area contributed by atoms with Crippen molar-refractivity contribution in [1.29, 1.82) is 0 Å². The summed E-state index contributed by atoms with van der Waals surface area (Å²) in [6, 6.07) is 0. The van der Waals surface area contributed by atoms with Gasteiger partial charge in [-0.1, -0.05) is 172 Å². The van der Waals surface area contributed by atoms with Gasteiger partial charge in [0.05, 0.1) is 27.7 Å². The van der Waals surface area contributed by atoms with Crippen LogP contribution in [0.3, 0.4) is 0 Å². The number of rotatable bonds is 41. The van der Waals surface area contributed by atoms with E-state index in [4.69, 9.17) is 23.8 Å². The lowest BCUT2D eigenvalue weighted by atomic mass is 10.0. The van der Waals surface area contributed by atoms with Gasteiger partial charge in [0.15, 0.2) is 6.10 Å². The quantitative estimate of drug-likeness (QED) is 0.00924. The molecule has 3 atom stereocenters. The third kappa shape index (κ3) is 40.7. The molecule has 58 heavy (non-hydrogen) atoms. The van der Waals surface area contributed by atoms with Gasteiger partial charge in [0.2, 0.25) is 0 Å². The monoisotopic (exact) mass is 842 g/mol. The number of unbranched alkanes of at least 4 members (excludes halogenated alkanes) is 17. The first-order valence-electron chi connectivity index (χ1n) is 22.6. The third-order valence-corrected chi connectivity index (χ3v) is 10.5. The van der Waals surface area contributed by atoms with Crippen LogP contribution >= 0.6 is 7.82 Å². The minimum absolute atomic E-state index is 0.0527. The van der Waals surface area contributed by atoms with Gasteiger partial charge in [-0.15, -0.1) is 0 Å². The topological polar surface area (TPSA) is 141 Å². The molecule has 0 rings (SSSR count). The molecule has 0 radical (unpaired) electrons. The molecule has 338 valence electrons. The van der Waals surface area contributed by atoms with E-state index in [0.29, 0.717) is 30.3 Å². The summed E-state index contributed by atoms with van der Waals surface area (Å²) >= 11 is 0. The van der Waals surface area contributed by atoms with Gasteiger partial charge in [0.1, 0.15) is 25.9 Å². The lowest BCUT2D eigenvalue weighted by Crippen LogP contribution is -2.37. The number of quaternary nitrogens is 1. The highest BCUT2D eigenvalue weighted by molar-refractivity contribution is 7.45. The highest BCUT2D eigenvalue weighted by atomic mass is 31.2.